The maximum Gasteiger partial charge on any atom is 0.192 e. The molecule has 2 heterocycles. The van der Waals surface area contributed by atoms with Gasteiger partial charge in [-0.25, -0.2) is 0 Å². The third-order valence-electron chi connectivity index (χ3n) is 4.20. The molecule has 2 rings (SSSR count). The third kappa shape index (κ3) is 2.52. The summed E-state index contributed by atoms with van der Waals surface area (Å²) in [6.45, 7) is 8.45. The number of nitrogens with zero attached hydrogens (tertiary/aromatic N) is 1. The van der Waals surface area contributed by atoms with Crippen molar-refractivity contribution < 1.29 is 4.79 Å². The molecule has 1 saturated heterocycles. The van der Waals surface area contributed by atoms with Gasteiger partial charge in [0.2, 0.25) is 0 Å². The zero-order chi connectivity index (χ0) is 13.2. The van der Waals surface area contributed by atoms with Crippen molar-refractivity contribution in [1.82, 2.24) is 4.90 Å². The van der Waals surface area contributed by atoms with E-state index in [1.807, 2.05) is 12.1 Å². The quantitative estimate of drug-likeness (QED) is 0.770. The lowest BCUT2D eigenvalue weighted by Crippen LogP contribution is -2.53. The molecule has 1 unspecified atom stereocenters. The normalized spacial score (nSPS) is 20.6. The lowest BCUT2D eigenvalue weighted by atomic mass is 9.88. The first-order chi connectivity index (χ1) is 8.58. The SMILES string of the molecule is CCC(C)(C(=O)c1ccc(C)s1)N1CCCCC1. The van der Waals surface area contributed by atoms with E-state index in [1.54, 1.807) is 11.3 Å². The Kier molecular flexibility index (Phi) is 4.23. The van der Waals surface area contributed by atoms with Crippen LogP contribution in [0.5, 0.6) is 0 Å². The maximum atomic E-state index is 12.8. The van der Waals surface area contributed by atoms with Crippen LogP contribution in [0.4, 0.5) is 0 Å². The minimum Gasteiger partial charge on any atom is -0.291 e. The van der Waals surface area contributed by atoms with E-state index >= 15 is 0 Å². The molecule has 3 heteroatoms. The number of piperidine rings is 1. The standard InChI is InChI=1S/C15H23NOS/c1-4-15(3,16-10-6-5-7-11-16)14(17)13-9-8-12(2)18-13/h8-9H,4-7,10-11H2,1-3H3. The Morgan fingerprint density at radius 2 is 2.00 bits per heavy atom. The summed E-state index contributed by atoms with van der Waals surface area (Å²) in [7, 11) is 0. The highest BCUT2D eigenvalue weighted by Crippen LogP contribution is 2.30. The van der Waals surface area contributed by atoms with Crippen LogP contribution in [0.25, 0.3) is 0 Å². The van der Waals surface area contributed by atoms with Gasteiger partial charge in [0.25, 0.3) is 0 Å². The van der Waals surface area contributed by atoms with E-state index in [-0.39, 0.29) is 5.54 Å². The van der Waals surface area contributed by atoms with Crippen molar-refractivity contribution in [1.29, 1.82) is 0 Å². The lowest BCUT2D eigenvalue weighted by Gasteiger charge is -2.41. The molecule has 0 spiro atoms. The van der Waals surface area contributed by atoms with E-state index < -0.39 is 0 Å². The van der Waals surface area contributed by atoms with Gasteiger partial charge in [-0.05, 0) is 58.3 Å². The molecule has 0 radical (unpaired) electrons. The maximum absolute atomic E-state index is 12.8. The molecule has 100 valence electrons. The monoisotopic (exact) mass is 265 g/mol. The Hall–Kier alpha value is -0.670. The Balaban J connectivity index is 2.22. The molecule has 0 saturated carbocycles. The highest BCUT2D eigenvalue weighted by atomic mass is 32.1. The molecule has 1 aromatic heterocycles. The number of thiophene rings is 1. The van der Waals surface area contributed by atoms with Gasteiger partial charge in [-0.3, -0.25) is 9.69 Å². The minimum absolute atomic E-state index is 0.308. The van der Waals surface area contributed by atoms with Crippen LogP contribution in [0.15, 0.2) is 12.1 Å². The second kappa shape index (κ2) is 5.54. The number of likely N-dealkylation sites (tertiary alicyclic amines) is 1. The first kappa shape index (κ1) is 13.8. The first-order valence-electron chi connectivity index (χ1n) is 6.94. The van der Waals surface area contributed by atoms with Crippen molar-refractivity contribution >= 4 is 17.1 Å². The van der Waals surface area contributed by atoms with Gasteiger partial charge < -0.3 is 0 Å². The molecule has 0 N–H and O–H groups in total. The number of carbonyl (C=O) groups excluding carboxylic acids is 1. The molecule has 0 aliphatic carbocycles. The fourth-order valence-corrected chi connectivity index (χ4v) is 3.67. The summed E-state index contributed by atoms with van der Waals surface area (Å²) in [5.41, 5.74) is -0.308. The molecule has 18 heavy (non-hydrogen) atoms. The van der Waals surface area contributed by atoms with E-state index in [2.05, 4.69) is 25.7 Å². The number of carbonyl (C=O) groups is 1. The summed E-state index contributed by atoms with van der Waals surface area (Å²) in [5, 5.41) is 0. The topological polar surface area (TPSA) is 20.3 Å². The number of hydrogen-bond donors (Lipinski definition) is 0. The molecule has 1 fully saturated rings. The summed E-state index contributed by atoms with van der Waals surface area (Å²) < 4.78 is 0. The largest absolute Gasteiger partial charge is 0.291 e. The van der Waals surface area contributed by atoms with E-state index in [9.17, 15) is 4.79 Å². The van der Waals surface area contributed by atoms with Crippen molar-refractivity contribution in [2.45, 2.75) is 52.0 Å². The first-order valence-corrected chi connectivity index (χ1v) is 7.76. The molecule has 1 atom stereocenters. The summed E-state index contributed by atoms with van der Waals surface area (Å²) in [4.78, 5) is 17.3. The zero-order valence-corrected chi connectivity index (χ0v) is 12.5. The Morgan fingerprint density at radius 1 is 1.33 bits per heavy atom. The average Bonchev–Trinajstić information content (AvgIpc) is 2.84. The highest BCUT2D eigenvalue weighted by molar-refractivity contribution is 7.14. The van der Waals surface area contributed by atoms with E-state index in [0.29, 0.717) is 5.78 Å². The van der Waals surface area contributed by atoms with Crippen LogP contribution >= 0.6 is 11.3 Å². The number of hydrogen-bond acceptors (Lipinski definition) is 3. The molecular formula is C15H23NOS. The van der Waals surface area contributed by atoms with Gasteiger partial charge in [0, 0.05) is 4.88 Å². The van der Waals surface area contributed by atoms with Crippen molar-refractivity contribution in [2.75, 3.05) is 13.1 Å². The fourth-order valence-electron chi connectivity index (χ4n) is 2.74. The van der Waals surface area contributed by atoms with Gasteiger partial charge >= 0.3 is 0 Å². The van der Waals surface area contributed by atoms with E-state index in [4.69, 9.17) is 0 Å². The smallest absolute Gasteiger partial charge is 0.192 e. The van der Waals surface area contributed by atoms with Gasteiger partial charge in [0.05, 0.1) is 10.4 Å². The molecule has 0 aromatic carbocycles. The van der Waals surface area contributed by atoms with Crippen LogP contribution in [0, 0.1) is 6.92 Å². The summed E-state index contributed by atoms with van der Waals surface area (Å²) >= 11 is 1.63. The van der Waals surface area contributed by atoms with Crippen LogP contribution < -0.4 is 0 Å². The van der Waals surface area contributed by atoms with Crippen molar-refractivity contribution in [2.24, 2.45) is 0 Å². The zero-order valence-electron chi connectivity index (χ0n) is 11.7. The van der Waals surface area contributed by atoms with Gasteiger partial charge in [-0.15, -0.1) is 11.3 Å². The molecule has 1 aliphatic rings. The Morgan fingerprint density at radius 3 is 2.50 bits per heavy atom. The van der Waals surface area contributed by atoms with Gasteiger partial charge in [-0.2, -0.15) is 0 Å². The Bertz CT molecular complexity index is 420. The number of rotatable bonds is 4. The van der Waals surface area contributed by atoms with Gasteiger partial charge in [0.1, 0.15) is 0 Å². The van der Waals surface area contributed by atoms with Crippen molar-refractivity contribution in [3.63, 3.8) is 0 Å². The molecular weight excluding hydrogens is 242 g/mol. The van der Waals surface area contributed by atoms with Crippen LogP contribution in [-0.2, 0) is 0 Å². The second-order valence-corrected chi connectivity index (χ2v) is 6.70. The lowest BCUT2D eigenvalue weighted by molar-refractivity contribution is 0.0510. The van der Waals surface area contributed by atoms with E-state index in [0.717, 1.165) is 24.4 Å². The summed E-state index contributed by atoms with van der Waals surface area (Å²) in [6.07, 6.45) is 4.66. The molecule has 0 bridgehead atoms. The van der Waals surface area contributed by atoms with Gasteiger partial charge in [0.15, 0.2) is 5.78 Å². The second-order valence-electron chi connectivity index (χ2n) is 5.41. The van der Waals surface area contributed by atoms with Crippen LogP contribution in [0.3, 0.4) is 0 Å². The van der Waals surface area contributed by atoms with Crippen molar-refractivity contribution in [3.8, 4) is 0 Å². The molecule has 0 amide bonds. The molecule has 2 nitrogen and oxygen atoms in total. The summed E-state index contributed by atoms with van der Waals surface area (Å²) in [6, 6.07) is 4.03. The predicted molar refractivity (Wildman–Crippen MR) is 77.5 cm³/mol. The van der Waals surface area contributed by atoms with Gasteiger partial charge in [-0.1, -0.05) is 13.3 Å². The fraction of sp³-hybridized carbons (Fsp3) is 0.667. The number of ketones is 1. The van der Waals surface area contributed by atoms with Crippen LogP contribution in [0.1, 0.15) is 54.1 Å². The van der Waals surface area contributed by atoms with Crippen LogP contribution in [-0.4, -0.2) is 29.3 Å². The average molecular weight is 265 g/mol. The number of Topliss-reactive ketones (excluding diaryl/α,β-unsaturated/α-hetero) is 1. The van der Waals surface area contributed by atoms with Crippen LogP contribution in [0.2, 0.25) is 0 Å². The highest BCUT2D eigenvalue weighted by Gasteiger charge is 2.39. The summed E-state index contributed by atoms with van der Waals surface area (Å²) in [5.74, 6) is 0.310. The number of aryl methyl sites for hydroxylation is 1. The molecule has 1 aromatic rings. The third-order valence-corrected chi connectivity index (χ3v) is 5.20. The van der Waals surface area contributed by atoms with E-state index in [1.165, 1.54) is 24.1 Å². The predicted octanol–water partition coefficient (Wildman–Crippen LogP) is 3.89. The molecule has 1 aliphatic heterocycles. The Labute approximate surface area is 114 Å². The van der Waals surface area contributed by atoms with Crippen molar-refractivity contribution in [3.05, 3.63) is 21.9 Å². The minimum atomic E-state index is -0.308.